The number of Topliss-reactive ketones (excluding diaryl/α,β-unsaturated/α-hetero) is 1. The maximum atomic E-state index is 12.1. The molecule has 6 nitrogen and oxygen atoms in total. The van der Waals surface area contributed by atoms with Gasteiger partial charge in [-0.25, -0.2) is 4.79 Å². The van der Waals surface area contributed by atoms with E-state index < -0.39 is 29.4 Å². The molecular weight excluding hydrogens is 272 g/mol. The highest BCUT2D eigenvalue weighted by molar-refractivity contribution is 6.38. The van der Waals surface area contributed by atoms with Crippen LogP contribution < -0.4 is 10.6 Å². The van der Waals surface area contributed by atoms with Crippen molar-refractivity contribution in [3.63, 3.8) is 0 Å². The van der Waals surface area contributed by atoms with Gasteiger partial charge in [-0.1, -0.05) is 19.8 Å². The lowest BCUT2D eigenvalue weighted by Gasteiger charge is -2.23. The fourth-order valence-electron chi connectivity index (χ4n) is 1.62. The van der Waals surface area contributed by atoms with Gasteiger partial charge in [-0.15, -0.1) is 0 Å². The Bertz CT molecular complexity index is 372. The number of alkyl carbamates (subject to hydrolysis) is 1. The average Bonchev–Trinajstić information content (AvgIpc) is 2.30. The zero-order valence-electron chi connectivity index (χ0n) is 13.9. The summed E-state index contributed by atoms with van der Waals surface area (Å²) in [6.07, 6.45) is 1.33. The second-order valence-electron chi connectivity index (χ2n) is 6.33. The van der Waals surface area contributed by atoms with E-state index in [4.69, 9.17) is 4.74 Å². The highest BCUT2D eigenvalue weighted by Gasteiger charge is 2.28. The Balaban J connectivity index is 4.75. The predicted molar refractivity (Wildman–Crippen MR) is 81.0 cm³/mol. The third kappa shape index (κ3) is 9.05. The van der Waals surface area contributed by atoms with Gasteiger partial charge in [-0.2, -0.15) is 0 Å². The standard InChI is InChI=1S/C15H28N2O4/c1-7-8-9-11(12(18)13(19)16-10(2)3)17-14(20)21-15(4,5)6/h10-11H,7-9H2,1-6H3,(H,16,19)(H,17,20)/t11-/m0/s1. The Hall–Kier alpha value is -1.59. The molecule has 0 aliphatic rings. The first kappa shape index (κ1) is 19.4. The number of carbonyl (C=O) groups is 3. The van der Waals surface area contributed by atoms with Gasteiger partial charge in [0.1, 0.15) is 11.6 Å². The van der Waals surface area contributed by atoms with Crippen LogP contribution in [-0.4, -0.2) is 35.5 Å². The monoisotopic (exact) mass is 300 g/mol. The van der Waals surface area contributed by atoms with Crippen molar-refractivity contribution in [2.24, 2.45) is 0 Å². The molecule has 0 rings (SSSR count). The number of nitrogens with one attached hydrogen (secondary N) is 2. The summed E-state index contributed by atoms with van der Waals surface area (Å²) in [5, 5.41) is 5.03. The lowest BCUT2D eigenvalue weighted by Crippen LogP contribution is -2.49. The van der Waals surface area contributed by atoms with Crippen molar-refractivity contribution in [2.75, 3.05) is 0 Å². The molecule has 0 fully saturated rings. The van der Waals surface area contributed by atoms with E-state index in [1.54, 1.807) is 34.6 Å². The molecule has 0 heterocycles. The number of ketones is 1. The van der Waals surface area contributed by atoms with Gasteiger partial charge in [0.25, 0.3) is 5.91 Å². The highest BCUT2D eigenvalue weighted by Crippen LogP contribution is 2.08. The summed E-state index contributed by atoms with van der Waals surface area (Å²) >= 11 is 0. The van der Waals surface area contributed by atoms with E-state index in [1.807, 2.05) is 6.92 Å². The van der Waals surface area contributed by atoms with Crippen molar-refractivity contribution in [1.29, 1.82) is 0 Å². The summed E-state index contributed by atoms with van der Waals surface area (Å²) in [7, 11) is 0. The third-order valence-corrected chi connectivity index (χ3v) is 2.50. The summed E-state index contributed by atoms with van der Waals surface area (Å²) < 4.78 is 5.13. The quantitative estimate of drug-likeness (QED) is 0.706. The molecule has 0 aromatic carbocycles. The van der Waals surface area contributed by atoms with Gasteiger partial charge < -0.3 is 15.4 Å². The van der Waals surface area contributed by atoms with Crippen LogP contribution in [0.5, 0.6) is 0 Å². The molecule has 1 atom stereocenters. The van der Waals surface area contributed by atoms with Gasteiger partial charge in [0.15, 0.2) is 0 Å². The minimum Gasteiger partial charge on any atom is -0.444 e. The fraction of sp³-hybridized carbons (Fsp3) is 0.800. The van der Waals surface area contributed by atoms with Crippen LogP contribution in [0.4, 0.5) is 4.79 Å². The average molecular weight is 300 g/mol. The van der Waals surface area contributed by atoms with Gasteiger partial charge in [-0.05, 0) is 41.0 Å². The summed E-state index contributed by atoms with van der Waals surface area (Å²) in [5.74, 6) is -1.31. The predicted octanol–water partition coefficient (Wildman–Crippen LogP) is 2.16. The second-order valence-corrected chi connectivity index (χ2v) is 6.33. The van der Waals surface area contributed by atoms with Crippen LogP contribution in [0.15, 0.2) is 0 Å². The molecular formula is C15H28N2O4. The van der Waals surface area contributed by atoms with E-state index in [9.17, 15) is 14.4 Å². The molecule has 2 N–H and O–H groups in total. The molecule has 0 aliphatic heterocycles. The van der Waals surface area contributed by atoms with E-state index in [1.165, 1.54) is 0 Å². The van der Waals surface area contributed by atoms with Gasteiger partial charge in [0.2, 0.25) is 5.78 Å². The number of hydrogen-bond acceptors (Lipinski definition) is 4. The van der Waals surface area contributed by atoms with Crippen molar-refractivity contribution >= 4 is 17.8 Å². The maximum absolute atomic E-state index is 12.1. The molecule has 21 heavy (non-hydrogen) atoms. The number of amides is 2. The Kier molecular flexibility index (Phi) is 7.99. The fourth-order valence-corrected chi connectivity index (χ4v) is 1.62. The molecule has 0 aliphatic carbocycles. The van der Waals surface area contributed by atoms with Crippen molar-refractivity contribution in [3.05, 3.63) is 0 Å². The van der Waals surface area contributed by atoms with Crippen LogP contribution in [0.1, 0.15) is 60.8 Å². The van der Waals surface area contributed by atoms with E-state index in [0.29, 0.717) is 6.42 Å². The number of unbranched alkanes of at least 4 members (excludes halogenated alkanes) is 1. The van der Waals surface area contributed by atoms with Gasteiger partial charge in [-0.3, -0.25) is 9.59 Å². The number of carbonyl (C=O) groups excluding carboxylic acids is 3. The van der Waals surface area contributed by atoms with Crippen LogP contribution in [0.25, 0.3) is 0 Å². The van der Waals surface area contributed by atoms with Crippen LogP contribution in [0.2, 0.25) is 0 Å². The number of ether oxygens (including phenoxy) is 1. The van der Waals surface area contributed by atoms with Crippen molar-refractivity contribution in [1.82, 2.24) is 10.6 Å². The molecule has 0 aromatic heterocycles. The lowest BCUT2D eigenvalue weighted by molar-refractivity contribution is -0.139. The van der Waals surface area contributed by atoms with Gasteiger partial charge in [0.05, 0.1) is 0 Å². The third-order valence-electron chi connectivity index (χ3n) is 2.50. The molecule has 0 aromatic rings. The van der Waals surface area contributed by atoms with Gasteiger partial charge in [0, 0.05) is 6.04 Å². The largest absolute Gasteiger partial charge is 0.444 e. The zero-order chi connectivity index (χ0) is 16.6. The van der Waals surface area contributed by atoms with E-state index in [0.717, 1.165) is 12.8 Å². The molecule has 0 saturated carbocycles. The van der Waals surface area contributed by atoms with E-state index in [-0.39, 0.29) is 6.04 Å². The molecule has 0 saturated heterocycles. The smallest absolute Gasteiger partial charge is 0.408 e. The SMILES string of the molecule is CCCC[C@H](NC(=O)OC(C)(C)C)C(=O)C(=O)NC(C)C. The van der Waals surface area contributed by atoms with E-state index >= 15 is 0 Å². The normalized spacial score (nSPS) is 12.7. The second kappa shape index (κ2) is 8.64. The topological polar surface area (TPSA) is 84.5 Å². The summed E-state index contributed by atoms with van der Waals surface area (Å²) in [5.41, 5.74) is -0.650. The van der Waals surface area contributed by atoms with Crippen LogP contribution in [-0.2, 0) is 14.3 Å². The van der Waals surface area contributed by atoms with Crippen LogP contribution in [0, 0.1) is 0 Å². The highest BCUT2D eigenvalue weighted by atomic mass is 16.6. The van der Waals surface area contributed by atoms with Crippen molar-refractivity contribution in [2.45, 2.75) is 78.5 Å². The number of rotatable bonds is 7. The molecule has 2 amide bonds. The summed E-state index contributed by atoms with van der Waals surface area (Å²) in [4.78, 5) is 35.6. The molecule has 0 unspecified atom stereocenters. The molecule has 0 radical (unpaired) electrons. The minimum atomic E-state index is -0.849. The first-order valence-corrected chi connectivity index (χ1v) is 7.41. The summed E-state index contributed by atoms with van der Waals surface area (Å²) in [6, 6.07) is -0.978. The first-order chi connectivity index (χ1) is 9.56. The lowest BCUT2D eigenvalue weighted by atomic mass is 10.0. The number of hydrogen-bond donors (Lipinski definition) is 2. The summed E-state index contributed by atoms with van der Waals surface area (Å²) in [6.45, 7) is 10.7. The zero-order valence-corrected chi connectivity index (χ0v) is 13.9. The van der Waals surface area contributed by atoms with Crippen LogP contribution in [0.3, 0.4) is 0 Å². The molecule has 6 heteroatoms. The minimum absolute atomic E-state index is 0.130. The van der Waals surface area contributed by atoms with Crippen LogP contribution >= 0.6 is 0 Å². The molecule has 0 bridgehead atoms. The maximum Gasteiger partial charge on any atom is 0.408 e. The van der Waals surface area contributed by atoms with E-state index in [2.05, 4.69) is 10.6 Å². The van der Waals surface area contributed by atoms with Gasteiger partial charge >= 0.3 is 6.09 Å². The van der Waals surface area contributed by atoms with Crippen molar-refractivity contribution < 1.29 is 19.1 Å². The Morgan fingerprint density at radius 2 is 1.67 bits per heavy atom. The molecule has 0 spiro atoms. The first-order valence-electron chi connectivity index (χ1n) is 7.41. The Labute approximate surface area is 127 Å². The Morgan fingerprint density at radius 1 is 1.10 bits per heavy atom. The van der Waals surface area contributed by atoms with Crippen molar-refractivity contribution in [3.8, 4) is 0 Å². The Morgan fingerprint density at radius 3 is 2.10 bits per heavy atom. The molecule has 122 valence electrons.